The van der Waals surface area contributed by atoms with E-state index in [1.165, 1.54) is 11.1 Å². The highest BCUT2D eigenvalue weighted by Gasteiger charge is 2.04. The molecule has 0 saturated carbocycles. The van der Waals surface area contributed by atoms with Crippen LogP contribution in [0.15, 0.2) is 53.8 Å². The largest absolute Gasteiger partial charge is 0.370 e. The van der Waals surface area contributed by atoms with Crippen molar-refractivity contribution >= 4 is 41.3 Å². The van der Waals surface area contributed by atoms with Crippen LogP contribution < -0.4 is 11.1 Å². The predicted molar refractivity (Wildman–Crippen MR) is 120 cm³/mol. The van der Waals surface area contributed by atoms with Crippen molar-refractivity contribution < 1.29 is 0 Å². The quantitative estimate of drug-likeness (QED) is 0.336. The molecule has 0 atom stereocenters. The molecule has 0 unspecified atom stereocenters. The van der Waals surface area contributed by atoms with Crippen molar-refractivity contribution in [3.8, 4) is 0 Å². The summed E-state index contributed by atoms with van der Waals surface area (Å²) >= 11 is 0. The molecule has 2 heterocycles. The SMILES string of the molecule is Cc1cccn2cc(CCN=C(N)Nc3cccc(C(C)C)c3)nc12.I. The third-order valence-corrected chi connectivity index (χ3v) is 4.20. The molecular weight excluding hydrogens is 437 g/mol. The minimum atomic E-state index is 0. The monoisotopic (exact) mass is 463 g/mol. The Kier molecular flexibility index (Phi) is 7.02. The molecular formula is C20H26IN5. The lowest BCUT2D eigenvalue weighted by Crippen LogP contribution is -2.23. The van der Waals surface area contributed by atoms with Crippen LogP contribution in [0.3, 0.4) is 0 Å². The van der Waals surface area contributed by atoms with Crippen molar-refractivity contribution in [2.45, 2.75) is 33.1 Å². The van der Waals surface area contributed by atoms with E-state index in [0.717, 1.165) is 23.4 Å². The van der Waals surface area contributed by atoms with Gasteiger partial charge in [0.2, 0.25) is 0 Å². The van der Waals surface area contributed by atoms with Crippen LogP contribution in [0.4, 0.5) is 5.69 Å². The first-order valence-electron chi connectivity index (χ1n) is 8.63. The molecule has 26 heavy (non-hydrogen) atoms. The third-order valence-electron chi connectivity index (χ3n) is 4.20. The summed E-state index contributed by atoms with van der Waals surface area (Å²) in [5.41, 5.74) is 11.4. The molecule has 6 heteroatoms. The summed E-state index contributed by atoms with van der Waals surface area (Å²) in [4.78, 5) is 9.07. The molecule has 0 bridgehead atoms. The average molecular weight is 463 g/mol. The first kappa shape index (κ1) is 20.2. The molecule has 0 aliphatic carbocycles. The molecule has 3 rings (SSSR count). The van der Waals surface area contributed by atoms with E-state index in [9.17, 15) is 0 Å². The standard InChI is InChI=1S/C20H25N5.HI/c1-14(2)16-7-4-8-17(12-16)24-20(21)22-10-9-18-13-25-11-5-6-15(3)19(25)23-18;/h4-8,11-14H,9-10H2,1-3H3,(H3,21,22,24);1H. The van der Waals surface area contributed by atoms with Crippen molar-refractivity contribution in [2.75, 3.05) is 11.9 Å². The number of nitrogens with two attached hydrogens (primary N) is 1. The fourth-order valence-electron chi connectivity index (χ4n) is 2.78. The lowest BCUT2D eigenvalue weighted by atomic mass is 10.0. The van der Waals surface area contributed by atoms with E-state index in [0.29, 0.717) is 18.4 Å². The Morgan fingerprint density at radius 1 is 1.27 bits per heavy atom. The number of rotatable bonds is 5. The number of aryl methyl sites for hydroxylation is 1. The van der Waals surface area contributed by atoms with Crippen LogP contribution in [0.2, 0.25) is 0 Å². The first-order valence-corrected chi connectivity index (χ1v) is 8.63. The molecule has 0 radical (unpaired) electrons. The normalized spacial score (nSPS) is 11.6. The van der Waals surface area contributed by atoms with Gasteiger partial charge in [0.15, 0.2) is 5.96 Å². The van der Waals surface area contributed by atoms with E-state index in [1.807, 2.05) is 35.0 Å². The minimum absolute atomic E-state index is 0. The molecule has 0 saturated heterocycles. The number of benzene rings is 1. The highest BCUT2D eigenvalue weighted by molar-refractivity contribution is 14.0. The predicted octanol–water partition coefficient (Wildman–Crippen LogP) is 4.35. The molecule has 0 spiro atoms. The van der Waals surface area contributed by atoms with Crippen molar-refractivity contribution in [3.63, 3.8) is 0 Å². The maximum absolute atomic E-state index is 6.01. The van der Waals surface area contributed by atoms with Gasteiger partial charge in [0.05, 0.1) is 5.69 Å². The van der Waals surface area contributed by atoms with Crippen LogP contribution in [0, 0.1) is 6.92 Å². The van der Waals surface area contributed by atoms with Gasteiger partial charge in [0, 0.05) is 31.0 Å². The number of nitrogens with one attached hydrogen (secondary N) is 1. The van der Waals surface area contributed by atoms with Crippen LogP contribution in [0.25, 0.3) is 5.65 Å². The second-order valence-corrected chi connectivity index (χ2v) is 6.58. The molecule has 2 aromatic heterocycles. The van der Waals surface area contributed by atoms with Crippen LogP contribution >= 0.6 is 24.0 Å². The van der Waals surface area contributed by atoms with Gasteiger partial charge in [-0.05, 0) is 42.2 Å². The summed E-state index contributed by atoms with van der Waals surface area (Å²) in [7, 11) is 0. The lowest BCUT2D eigenvalue weighted by molar-refractivity contribution is 0.867. The van der Waals surface area contributed by atoms with Gasteiger partial charge in [-0.2, -0.15) is 0 Å². The fourth-order valence-corrected chi connectivity index (χ4v) is 2.78. The van der Waals surface area contributed by atoms with Gasteiger partial charge in [-0.1, -0.05) is 32.0 Å². The molecule has 138 valence electrons. The summed E-state index contributed by atoms with van der Waals surface area (Å²) in [6, 6.07) is 12.4. The number of pyridine rings is 1. The number of guanidine groups is 1. The smallest absolute Gasteiger partial charge is 0.193 e. The molecule has 5 nitrogen and oxygen atoms in total. The number of anilines is 1. The van der Waals surface area contributed by atoms with Crippen LogP contribution in [-0.4, -0.2) is 21.9 Å². The van der Waals surface area contributed by atoms with Gasteiger partial charge in [-0.25, -0.2) is 4.98 Å². The maximum atomic E-state index is 6.01. The summed E-state index contributed by atoms with van der Waals surface area (Å²) in [5, 5.41) is 3.16. The minimum Gasteiger partial charge on any atom is -0.370 e. The molecule has 1 aromatic carbocycles. The number of imidazole rings is 1. The van der Waals surface area contributed by atoms with Crippen molar-refractivity contribution in [1.29, 1.82) is 0 Å². The van der Waals surface area contributed by atoms with Gasteiger partial charge < -0.3 is 15.5 Å². The van der Waals surface area contributed by atoms with Gasteiger partial charge >= 0.3 is 0 Å². The van der Waals surface area contributed by atoms with Gasteiger partial charge in [0.1, 0.15) is 5.65 Å². The number of fused-ring (bicyclic) bond motifs is 1. The fraction of sp³-hybridized carbons (Fsp3) is 0.300. The maximum Gasteiger partial charge on any atom is 0.193 e. The second-order valence-electron chi connectivity index (χ2n) is 6.58. The van der Waals surface area contributed by atoms with Gasteiger partial charge in [-0.3, -0.25) is 4.99 Å². The summed E-state index contributed by atoms with van der Waals surface area (Å²) in [6.07, 6.45) is 4.82. The Balaban J connectivity index is 0.00000243. The van der Waals surface area contributed by atoms with Crippen molar-refractivity contribution in [1.82, 2.24) is 9.38 Å². The lowest BCUT2D eigenvalue weighted by Gasteiger charge is -2.09. The zero-order chi connectivity index (χ0) is 17.8. The number of hydrogen-bond donors (Lipinski definition) is 2. The molecule has 3 N–H and O–H groups in total. The number of halogens is 1. The van der Waals surface area contributed by atoms with E-state index < -0.39 is 0 Å². The number of hydrogen-bond acceptors (Lipinski definition) is 2. The van der Waals surface area contributed by atoms with E-state index in [1.54, 1.807) is 0 Å². The Bertz CT molecular complexity index is 898. The number of nitrogens with zero attached hydrogens (tertiary/aromatic N) is 3. The Morgan fingerprint density at radius 3 is 2.81 bits per heavy atom. The van der Waals surface area contributed by atoms with Crippen LogP contribution in [0.1, 0.15) is 36.6 Å². The Morgan fingerprint density at radius 2 is 2.08 bits per heavy atom. The summed E-state index contributed by atoms with van der Waals surface area (Å²) in [6.45, 7) is 7.02. The van der Waals surface area contributed by atoms with Gasteiger partial charge in [0.25, 0.3) is 0 Å². The molecule has 0 aliphatic rings. The average Bonchev–Trinajstić information content (AvgIpc) is 2.99. The van der Waals surface area contributed by atoms with Gasteiger partial charge in [-0.15, -0.1) is 24.0 Å². The Labute approximate surface area is 171 Å². The van der Waals surface area contributed by atoms with E-state index in [4.69, 9.17) is 5.73 Å². The molecule has 0 aliphatic heterocycles. The zero-order valence-electron chi connectivity index (χ0n) is 15.4. The summed E-state index contributed by atoms with van der Waals surface area (Å²) in [5.74, 6) is 0.916. The first-order chi connectivity index (χ1) is 12.0. The summed E-state index contributed by atoms with van der Waals surface area (Å²) < 4.78 is 2.05. The Hall–Kier alpha value is -2.09. The van der Waals surface area contributed by atoms with E-state index >= 15 is 0 Å². The molecule has 0 fully saturated rings. The number of aromatic nitrogens is 2. The van der Waals surface area contributed by atoms with Crippen LogP contribution in [0.5, 0.6) is 0 Å². The number of aliphatic imine (C=N–C) groups is 1. The second kappa shape index (κ2) is 9.02. The highest BCUT2D eigenvalue weighted by atomic mass is 127. The molecule has 3 aromatic rings. The van der Waals surface area contributed by atoms with Crippen molar-refractivity contribution in [2.24, 2.45) is 10.7 Å². The van der Waals surface area contributed by atoms with Crippen molar-refractivity contribution in [3.05, 3.63) is 65.6 Å². The highest BCUT2D eigenvalue weighted by Crippen LogP contribution is 2.18. The third kappa shape index (κ3) is 4.97. The van der Waals surface area contributed by atoms with Crippen LogP contribution in [-0.2, 0) is 6.42 Å². The molecule has 0 amide bonds. The zero-order valence-corrected chi connectivity index (χ0v) is 17.8. The van der Waals surface area contributed by atoms with E-state index in [2.05, 4.69) is 54.3 Å². The van der Waals surface area contributed by atoms with E-state index in [-0.39, 0.29) is 24.0 Å². The topological polar surface area (TPSA) is 67.7 Å².